The summed E-state index contributed by atoms with van der Waals surface area (Å²) in [7, 11) is 1.36. The van der Waals surface area contributed by atoms with Gasteiger partial charge in [0.05, 0.1) is 7.11 Å². The van der Waals surface area contributed by atoms with Crippen LogP contribution < -0.4 is 0 Å². The summed E-state index contributed by atoms with van der Waals surface area (Å²) in [5, 5.41) is 1.96. The van der Waals surface area contributed by atoms with Gasteiger partial charge in [-0.2, -0.15) is 0 Å². The number of likely N-dealkylation sites (tertiary alicyclic amines) is 1. The highest BCUT2D eigenvalue weighted by Crippen LogP contribution is 2.19. The van der Waals surface area contributed by atoms with Crippen LogP contribution in [-0.2, 0) is 14.3 Å². The highest BCUT2D eigenvalue weighted by molar-refractivity contribution is 7.10. The number of methoxy groups -OCH3 is 1. The SMILES string of the molecule is COC(=O)C1CCCCN1C(=O)C=Cc1cccs1. The van der Waals surface area contributed by atoms with E-state index in [1.54, 1.807) is 22.3 Å². The van der Waals surface area contributed by atoms with Crippen LogP contribution in [0.1, 0.15) is 24.1 Å². The number of amides is 1. The monoisotopic (exact) mass is 279 g/mol. The Morgan fingerprint density at radius 1 is 1.47 bits per heavy atom. The molecule has 4 nitrogen and oxygen atoms in total. The fraction of sp³-hybridized carbons (Fsp3) is 0.429. The molecule has 1 fully saturated rings. The van der Waals surface area contributed by atoms with E-state index in [0.717, 1.165) is 17.7 Å². The summed E-state index contributed by atoms with van der Waals surface area (Å²) in [6.07, 6.45) is 5.90. The van der Waals surface area contributed by atoms with Gasteiger partial charge in [-0.25, -0.2) is 4.79 Å². The van der Waals surface area contributed by atoms with Crippen LogP contribution in [0.15, 0.2) is 23.6 Å². The minimum atomic E-state index is -0.431. The fourth-order valence-electron chi connectivity index (χ4n) is 2.21. The molecule has 1 aliphatic rings. The Balaban J connectivity index is 2.05. The molecule has 1 unspecified atom stereocenters. The average Bonchev–Trinajstić information content (AvgIpc) is 2.97. The van der Waals surface area contributed by atoms with E-state index in [-0.39, 0.29) is 11.9 Å². The van der Waals surface area contributed by atoms with Crippen LogP contribution in [0.2, 0.25) is 0 Å². The molecular formula is C14H17NO3S. The first-order valence-electron chi connectivity index (χ1n) is 6.32. The van der Waals surface area contributed by atoms with E-state index in [9.17, 15) is 9.59 Å². The van der Waals surface area contributed by atoms with E-state index in [0.29, 0.717) is 13.0 Å². The molecular weight excluding hydrogens is 262 g/mol. The third-order valence-electron chi connectivity index (χ3n) is 3.19. The number of esters is 1. The maximum absolute atomic E-state index is 12.2. The molecule has 0 N–H and O–H groups in total. The lowest BCUT2D eigenvalue weighted by Crippen LogP contribution is -2.47. The summed E-state index contributed by atoms with van der Waals surface area (Å²) in [5.41, 5.74) is 0. The lowest BCUT2D eigenvalue weighted by Gasteiger charge is -2.32. The van der Waals surface area contributed by atoms with Crippen LogP contribution in [0.5, 0.6) is 0 Å². The van der Waals surface area contributed by atoms with Crippen molar-refractivity contribution in [1.29, 1.82) is 0 Å². The van der Waals surface area contributed by atoms with Crippen LogP contribution in [0.25, 0.3) is 6.08 Å². The molecule has 2 rings (SSSR count). The standard InChI is InChI=1S/C14H17NO3S/c1-18-14(17)12-6-2-3-9-15(12)13(16)8-7-11-5-4-10-19-11/h4-5,7-8,10,12H,2-3,6,9H2,1H3. The number of ether oxygens (including phenoxy) is 1. The van der Waals surface area contributed by atoms with Crippen molar-refractivity contribution in [3.8, 4) is 0 Å². The average molecular weight is 279 g/mol. The first-order valence-corrected chi connectivity index (χ1v) is 7.20. The van der Waals surface area contributed by atoms with Gasteiger partial charge in [0.25, 0.3) is 0 Å². The zero-order chi connectivity index (χ0) is 13.7. The number of piperidine rings is 1. The maximum Gasteiger partial charge on any atom is 0.328 e. The van der Waals surface area contributed by atoms with Gasteiger partial charge in [0.2, 0.25) is 5.91 Å². The van der Waals surface area contributed by atoms with Crippen molar-refractivity contribution in [3.63, 3.8) is 0 Å². The lowest BCUT2D eigenvalue weighted by atomic mass is 10.0. The van der Waals surface area contributed by atoms with Gasteiger partial charge in [0, 0.05) is 17.5 Å². The number of carbonyl (C=O) groups is 2. The van der Waals surface area contributed by atoms with Crippen molar-refractivity contribution < 1.29 is 14.3 Å². The molecule has 0 radical (unpaired) electrons. The Hall–Kier alpha value is -1.62. The van der Waals surface area contributed by atoms with Gasteiger partial charge in [-0.15, -0.1) is 11.3 Å². The topological polar surface area (TPSA) is 46.6 Å². The second-order valence-corrected chi connectivity index (χ2v) is 5.39. The van der Waals surface area contributed by atoms with Crippen molar-refractivity contribution in [2.75, 3.05) is 13.7 Å². The molecule has 0 saturated carbocycles. The van der Waals surface area contributed by atoms with Gasteiger partial charge >= 0.3 is 5.97 Å². The van der Waals surface area contributed by atoms with Crippen molar-refractivity contribution in [1.82, 2.24) is 4.90 Å². The van der Waals surface area contributed by atoms with Crippen LogP contribution >= 0.6 is 11.3 Å². The largest absolute Gasteiger partial charge is 0.467 e. The quantitative estimate of drug-likeness (QED) is 0.630. The minimum absolute atomic E-state index is 0.122. The smallest absolute Gasteiger partial charge is 0.328 e. The van der Waals surface area contributed by atoms with E-state index in [1.807, 2.05) is 17.5 Å². The van der Waals surface area contributed by atoms with Crippen LogP contribution in [0.4, 0.5) is 0 Å². The number of rotatable bonds is 3. The number of nitrogens with zero attached hydrogens (tertiary/aromatic N) is 1. The molecule has 102 valence electrons. The molecule has 1 aromatic rings. The van der Waals surface area contributed by atoms with Crippen LogP contribution in [-0.4, -0.2) is 36.5 Å². The number of hydrogen-bond acceptors (Lipinski definition) is 4. The Morgan fingerprint density at radius 3 is 3.00 bits per heavy atom. The third kappa shape index (κ3) is 3.44. The zero-order valence-electron chi connectivity index (χ0n) is 10.9. The second kappa shape index (κ2) is 6.52. The van der Waals surface area contributed by atoms with Gasteiger partial charge in [-0.1, -0.05) is 6.07 Å². The molecule has 1 aromatic heterocycles. The summed E-state index contributed by atoms with van der Waals surface area (Å²) >= 11 is 1.57. The van der Waals surface area contributed by atoms with Crippen LogP contribution in [0, 0.1) is 0 Å². The number of hydrogen-bond donors (Lipinski definition) is 0. The molecule has 0 aromatic carbocycles. The van der Waals surface area contributed by atoms with E-state index in [2.05, 4.69) is 0 Å². The van der Waals surface area contributed by atoms with Gasteiger partial charge in [-0.3, -0.25) is 4.79 Å². The Bertz CT molecular complexity index is 467. The fourth-order valence-corrected chi connectivity index (χ4v) is 2.83. The summed E-state index contributed by atoms with van der Waals surface area (Å²) in [4.78, 5) is 26.5. The highest BCUT2D eigenvalue weighted by Gasteiger charge is 2.31. The summed E-state index contributed by atoms with van der Waals surface area (Å²) in [6, 6.07) is 3.45. The Morgan fingerprint density at radius 2 is 2.32 bits per heavy atom. The maximum atomic E-state index is 12.2. The summed E-state index contributed by atoms with van der Waals surface area (Å²) < 4.78 is 4.77. The molecule has 0 aliphatic carbocycles. The Kier molecular flexibility index (Phi) is 4.74. The summed E-state index contributed by atoms with van der Waals surface area (Å²) in [5.74, 6) is -0.443. The first-order chi connectivity index (χ1) is 9.22. The summed E-state index contributed by atoms with van der Waals surface area (Å²) in [6.45, 7) is 0.618. The molecule has 1 atom stereocenters. The molecule has 5 heteroatoms. The normalized spacial score (nSPS) is 19.6. The molecule has 19 heavy (non-hydrogen) atoms. The predicted octanol–water partition coefficient (Wildman–Crippen LogP) is 2.32. The first kappa shape index (κ1) is 13.8. The van der Waals surface area contributed by atoms with E-state index in [1.165, 1.54) is 13.2 Å². The molecule has 0 spiro atoms. The van der Waals surface area contributed by atoms with E-state index < -0.39 is 6.04 Å². The molecule has 0 bridgehead atoms. The van der Waals surface area contributed by atoms with E-state index >= 15 is 0 Å². The molecule has 1 amide bonds. The van der Waals surface area contributed by atoms with Crippen molar-refractivity contribution in [3.05, 3.63) is 28.5 Å². The van der Waals surface area contributed by atoms with Gasteiger partial charge in [0.15, 0.2) is 0 Å². The van der Waals surface area contributed by atoms with Gasteiger partial charge in [-0.05, 0) is 36.8 Å². The van der Waals surface area contributed by atoms with Gasteiger partial charge in [0.1, 0.15) is 6.04 Å². The zero-order valence-corrected chi connectivity index (χ0v) is 11.7. The highest BCUT2D eigenvalue weighted by atomic mass is 32.1. The van der Waals surface area contributed by atoms with Gasteiger partial charge < -0.3 is 9.64 Å². The predicted molar refractivity (Wildman–Crippen MR) is 74.7 cm³/mol. The van der Waals surface area contributed by atoms with Crippen LogP contribution in [0.3, 0.4) is 0 Å². The second-order valence-electron chi connectivity index (χ2n) is 4.42. The number of carbonyl (C=O) groups excluding carboxylic acids is 2. The molecule has 1 saturated heterocycles. The minimum Gasteiger partial charge on any atom is -0.467 e. The Labute approximate surface area is 116 Å². The molecule has 1 aliphatic heterocycles. The third-order valence-corrected chi connectivity index (χ3v) is 4.03. The number of thiophene rings is 1. The van der Waals surface area contributed by atoms with Crippen molar-refractivity contribution in [2.45, 2.75) is 25.3 Å². The molecule has 2 heterocycles. The van der Waals surface area contributed by atoms with E-state index in [4.69, 9.17) is 4.74 Å². The lowest BCUT2D eigenvalue weighted by molar-refractivity contribution is -0.153. The van der Waals surface area contributed by atoms with Crippen molar-refractivity contribution >= 4 is 29.3 Å². The van der Waals surface area contributed by atoms with Crippen molar-refractivity contribution in [2.24, 2.45) is 0 Å².